The zero-order valence-corrected chi connectivity index (χ0v) is 25.2. The van der Waals surface area contributed by atoms with E-state index in [1.165, 1.54) is 0 Å². The number of nitrogens with zero attached hydrogens (tertiary/aromatic N) is 2. The Bertz CT molecular complexity index is 1530. The van der Waals surface area contributed by atoms with Gasteiger partial charge in [-0.05, 0) is 59.5 Å². The lowest BCUT2D eigenvalue weighted by Crippen LogP contribution is -2.49. The van der Waals surface area contributed by atoms with Gasteiger partial charge in [-0.25, -0.2) is 0 Å². The Labute approximate surface area is 253 Å². The van der Waals surface area contributed by atoms with Crippen molar-refractivity contribution in [2.75, 3.05) is 59.0 Å². The first-order valence-electron chi connectivity index (χ1n) is 14.5. The van der Waals surface area contributed by atoms with Gasteiger partial charge in [0.2, 0.25) is 5.75 Å². The molecule has 0 radical (unpaired) electrons. The molecule has 1 fully saturated rings. The summed E-state index contributed by atoms with van der Waals surface area (Å²) in [6, 6.07) is 30.1. The van der Waals surface area contributed by atoms with Gasteiger partial charge in [-0.2, -0.15) is 0 Å². The second kappa shape index (κ2) is 13.8. The number of piperazine rings is 1. The van der Waals surface area contributed by atoms with Gasteiger partial charge in [0.1, 0.15) is 5.75 Å². The third-order valence-corrected chi connectivity index (χ3v) is 7.60. The van der Waals surface area contributed by atoms with Crippen molar-refractivity contribution >= 4 is 23.2 Å². The van der Waals surface area contributed by atoms with Gasteiger partial charge in [0.05, 0.1) is 33.6 Å². The molecule has 0 atom stereocenters. The standard InChI is InChI=1S/C36H38N2O5/c1-5-43-32-14-10-9-13-31(32)37-19-21-38(22-20-37)36(39)30(23-26-24-33(40-2)35(42-4)34(25-26)41-3)29-17-15-28(16-18-29)27-11-7-6-8-12-27/h6-18,23-25H,5,19-22H2,1-4H3/b30-23+. The van der Waals surface area contributed by atoms with Crippen molar-refractivity contribution in [3.05, 3.63) is 102 Å². The van der Waals surface area contributed by atoms with E-state index in [9.17, 15) is 4.79 Å². The number of anilines is 1. The minimum absolute atomic E-state index is 0.0287. The Balaban J connectivity index is 1.47. The fraction of sp³-hybridized carbons (Fsp3) is 0.250. The number of hydrogen-bond donors (Lipinski definition) is 0. The molecule has 43 heavy (non-hydrogen) atoms. The first kappa shape index (κ1) is 29.6. The second-order valence-electron chi connectivity index (χ2n) is 10.1. The molecule has 0 aromatic heterocycles. The summed E-state index contributed by atoms with van der Waals surface area (Å²) in [4.78, 5) is 18.4. The first-order valence-corrected chi connectivity index (χ1v) is 14.5. The fourth-order valence-corrected chi connectivity index (χ4v) is 5.41. The summed E-state index contributed by atoms with van der Waals surface area (Å²) in [5.41, 5.74) is 5.47. The van der Waals surface area contributed by atoms with Gasteiger partial charge in [0.25, 0.3) is 5.91 Å². The molecule has 222 valence electrons. The molecule has 4 aromatic carbocycles. The van der Waals surface area contributed by atoms with Crippen molar-refractivity contribution in [1.29, 1.82) is 0 Å². The monoisotopic (exact) mass is 578 g/mol. The summed E-state index contributed by atoms with van der Waals surface area (Å²) in [6.45, 7) is 5.19. The zero-order valence-electron chi connectivity index (χ0n) is 25.2. The summed E-state index contributed by atoms with van der Waals surface area (Å²) in [7, 11) is 4.75. The molecule has 7 nitrogen and oxygen atoms in total. The van der Waals surface area contributed by atoms with E-state index < -0.39 is 0 Å². The van der Waals surface area contributed by atoms with Crippen LogP contribution in [0.2, 0.25) is 0 Å². The summed E-state index contributed by atoms with van der Waals surface area (Å²) in [5, 5.41) is 0. The molecule has 0 aliphatic carbocycles. The van der Waals surface area contributed by atoms with E-state index in [4.69, 9.17) is 18.9 Å². The van der Waals surface area contributed by atoms with Gasteiger partial charge in [-0.1, -0.05) is 66.7 Å². The Morgan fingerprint density at radius 3 is 1.93 bits per heavy atom. The van der Waals surface area contributed by atoms with Crippen molar-refractivity contribution in [3.63, 3.8) is 0 Å². The van der Waals surface area contributed by atoms with E-state index in [1.807, 2.05) is 78.6 Å². The highest BCUT2D eigenvalue weighted by Crippen LogP contribution is 2.39. The maximum Gasteiger partial charge on any atom is 0.254 e. The molecule has 5 rings (SSSR count). The molecule has 7 heteroatoms. The highest BCUT2D eigenvalue weighted by Gasteiger charge is 2.26. The van der Waals surface area contributed by atoms with E-state index in [0.717, 1.165) is 33.7 Å². The van der Waals surface area contributed by atoms with E-state index in [2.05, 4.69) is 35.2 Å². The smallest absolute Gasteiger partial charge is 0.254 e. The average molecular weight is 579 g/mol. The van der Waals surface area contributed by atoms with Gasteiger partial charge >= 0.3 is 0 Å². The predicted octanol–water partition coefficient (Wildman–Crippen LogP) is 6.67. The Kier molecular flexibility index (Phi) is 9.52. The molecular formula is C36H38N2O5. The third-order valence-electron chi connectivity index (χ3n) is 7.60. The summed E-state index contributed by atoms with van der Waals surface area (Å²) >= 11 is 0. The van der Waals surface area contributed by atoms with Crippen LogP contribution in [0.3, 0.4) is 0 Å². The number of benzene rings is 4. The van der Waals surface area contributed by atoms with E-state index in [-0.39, 0.29) is 5.91 Å². The maximum absolute atomic E-state index is 14.2. The van der Waals surface area contributed by atoms with Crippen LogP contribution in [0, 0.1) is 0 Å². The molecule has 1 aliphatic heterocycles. The van der Waals surface area contributed by atoms with Crippen LogP contribution in [0.5, 0.6) is 23.0 Å². The molecule has 1 heterocycles. The van der Waals surface area contributed by atoms with Crippen LogP contribution in [-0.4, -0.2) is 64.9 Å². The molecule has 0 saturated carbocycles. The number of amides is 1. The van der Waals surface area contributed by atoms with Gasteiger partial charge in [0.15, 0.2) is 11.5 Å². The molecule has 1 amide bonds. The number of rotatable bonds is 10. The Morgan fingerprint density at radius 2 is 1.33 bits per heavy atom. The summed E-state index contributed by atoms with van der Waals surface area (Å²) in [6.07, 6.45) is 1.90. The quantitative estimate of drug-likeness (QED) is 0.155. The minimum atomic E-state index is -0.0287. The lowest BCUT2D eigenvalue weighted by Gasteiger charge is -2.37. The lowest BCUT2D eigenvalue weighted by molar-refractivity contribution is -0.125. The van der Waals surface area contributed by atoms with E-state index >= 15 is 0 Å². The number of para-hydroxylation sites is 2. The normalized spacial score (nSPS) is 13.4. The second-order valence-corrected chi connectivity index (χ2v) is 10.1. The van der Waals surface area contributed by atoms with Crippen molar-refractivity contribution in [2.45, 2.75) is 6.92 Å². The van der Waals surface area contributed by atoms with Crippen LogP contribution in [0.15, 0.2) is 91.0 Å². The van der Waals surface area contributed by atoms with Crippen LogP contribution in [0.1, 0.15) is 18.1 Å². The predicted molar refractivity (Wildman–Crippen MR) is 172 cm³/mol. The number of ether oxygens (including phenoxy) is 4. The minimum Gasteiger partial charge on any atom is -0.493 e. The van der Waals surface area contributed by atoms with Crippen LogP contribution in [-0.2, 0) is 4.79 Å². The molecule has 4 aromatic rings. The maximum atomic E-state index is 14.2. The van der Waals surface area contributed by atoms with Crippen molar-refractivity contribution in [2.24, 2.45) is 0 Å². The van der Waals surface area contributed by atoms with Crippen molar-refractivity contribution < 1.29 is 23.7 Å². The Hall–Kier alpha value is -4.91. The van der Waals surface area contributed by atoms with Crippen LogP contribution >= 0.6 is 0 Å². The van der Waals surface area contributed by atoms with Crippen LogP contribution in [0.4, 0.5) is 5.69 Å². The molecule has 0 N–H and O–H groups in total. The third kappa shape index (κ3) is 6.61. The topological polar surface area (TPSA) is 60.5 Å². The fourth-order valence-electron chi connectivity index (χ4n) is 5.41. The number of carbonyl (C=O) groups excluding carboxylic acids is 1. The molecule has 1 aliphatic rings. The Morgan fingerprint density at radius 1 is 0.721 bits per heavy atom. The SMILES string of the molecule is CCOc1ccccc1N1CCN(C(=O)/C(=C/c2cc(OC)c(OC)c(OC)c2)c2ccc(-c3ccccc3)cc2)CC1. The van der Waals surface area contributed by atoms with E-state index in [0.29, 0.717) is 55.6 Å². The highest BCUT2D eigenvalue weighted by molar-refractivity contribution is 6.24. The summed E-state index contributed by atoms with van der Waals surface area (Å²) < 4.78 is 22.5. The highest BCUT2D eigenvalue weighted by atomic mass is 16.5. The van der Waals surface area contributed by atoms with Gasteiger partial charge in [-0.3, -0.25) is 4.79 Å². The van der Waals surface area contributed by atoms with Crippen molar-refractivity contribution in [3.8, 4) is 34.1 Å². The largest absolute Gasteiger partial charge is 0.493 e. The van der Waals surface area contributed by atoms with Gasteiger partial charge in [0, 0.05) is 31.8 Å². The molecule has 0 unspecified atom stereocenters. The van der Waals surface area contributed by atoms with Crippen LogP contribution in [0.25, 0.3) is 22.8 Å². The van der Waals surface area contributed by atoms with E-state index in [1.54, 1.807) is 21.3 Å². The van der Waals surface area contributed by atoms with Gasteiger partial charge < -0.3 is 28.7 Å². The lowest BCUT2D eigenvalue weighted by atomic mass is 9.97. The number of methoxy groups -OCH3 is 3. The molecular weight excluding hydrogens is 540 g/mol. The number of carbonyl (C=O) groups is 1. The van der Waals surface area contributed by atoms with Crippen molar-refractivity contribution in [1.82, 2.24) is 4.90 Å². The first-order chi connectivity index (χ1) is 21.1. The van der Waals surface area contributed by atoms with Crippen LogP contribution < -0.4 is 23.8 Å². The summed E-state index contributed by atoms with van der Waals surface area (Å²) in [5.74, 6) is 2.40. The molecule has 0 bridgehead atoms. The molecule has 1 saturated heterocycles. The zero-order chi connectivity index (χ0) is 30.2. The molecule has 0 spiro atoms. The number of hydrogen-bond acceptors (Lipinski definition) is 6. The van der Waals surface area contributed by atoms with Gasteiger partial charge in [-0.15, -0.1) is 0 Å². The average Bonchev–Trinajstić information content (AvgIpc) is 3.07.